The van der Waals surface area contributed by atoms with Crippen molar-refractivity contribution >= 4 is 34.1 Å². The van der Waals surface area contributed by atoms with E-state index < -0.39 is 46.6 Å². The Labute approximate surface area is 198 Å². The van der Waals surface area contributed by atoms with Gasteiger partial charge in [0.2, 0.25) is 21.8 Å². The van der Waals surface area contributed by atoms with E-state index in [1.807, 2.05) is 0 Å². The van der Waals surface area contributed by atoms with Gasteiger partial charge in [-0.15, -0.1) is 0 Å². The van der Waals surface area contributed by atoms with Gasteiger partial charge in [0.1, 0.15) is 12.3 Å². The molecule has 0 radical (unpaired) electrons. The van der Waals surface area contributed by atoms with E-state index in [4.69, 9.17) is 11.5 Å². The van der Waals surface area contributed by atoms with Crippen molar-refractivity contribution in [3.8, 4) is 0 Å². The fourth-order valence-electron chi connectivity index (χ4n) is 3.38. The summed E-state index contributed by atoms with van der Waals surface area (Å²) in [5, 5.41) is 12.6. The minimum absolute atomic E-state index is 0.0728. The number of benzene rings is 1. The van der Waals surface area contributed by atoms with Crippen molar-refractivity contribution in [3.05, 3.63) is 35.9 Å². The maximum Gasteiger partial charge on any atom is 0.250 e. The van der Waals surface area contributed by atoms with E-state index >= 15 is 0 Å². The predicted octanol–water partition coefficient (Wildman–Crippen LogP) is -2.15. The summed E-state index contributed by atoms with van der Waals surface area (Å²) in [6.07, 6.45) is 1.47. The second-order valence-corrected chi connectivity index (χ2v) is 9.78. The molecule has 2 amide bonds. The second-order valence-electron chi connectivity index (χ2n) is 7.90. The molecule has 7 N–H and O–H groups in total. The van der Waals surface area contributed by atoms with Crippen LogP contribution in [0.4, 0.5) is 0 Å². The monoisotopic (exact) mass is 496 g/mol. The molecular weight excluding hydrogens is 464 g/mol. The Morgan fingerprint density at radius 1 is 1.29 bits per heavy atom. The molecule has 1 aliphatic heterocycles. The van der Waals surface area contributed by atoms with E-state index in [-0.39, 0.29) is 31.1 Å². The molecule has 0 aliphatic carbocycles. The standard InChI is InChI=1S/C21H32N6O6S/c22-21(23)25-10-4-7-16(13-28)27(19(30)17-8-11-24-17)20(31)18(14-29)26-34(32,33)12-9-15-5-2-1-3-6-15/h1-3,5-6,13,16-18,24,26,29H,4,7-12,14H2,(H4,22,23,25)/t16?,17?,18-/m1/s1. The molecule has 1 fully saturated rings. The highest BCUT2D eigenvalue weighted by molar-refractivity contribution is 7.89. The van der Waals surface area contributed by atoms with Gasteiger partial charge in [-0.3, -0.25) is 19.5 Å². The molecule has 0 saturated carbocycles. The smallest absolute Gasteiger partial charge is 0.250 e. The quantitative estimate of drug-likeness (QED) is 0.0824. The highest BCUT2D eigenvalue weighted by Crippen LogP contribution is 2.15. The number of nitrogens with two attached hydrogens (primary N) is 2. The Morgan fingerprint density at radius 2 is 1.97 bits per heavy atom. The number of nitrogens with zero attached hydrogens (tertiary/aromatic N) is 2. The van der Waals surface area contributed by atoms with Crippen molar-refractivity contribution in [2.24, 2.45) is 16.5 Å². The first-order chi connectivity index (χ1) is 16.2. The fourth-order valence-corrected chi connectivity index (χ4v) is 4.61. The molecule has 0 aromatic heterocycles. The van der Waals surface area contributed by atoms with E-state index in [0.29, 0.717) is 25.7 Å². The van der Waals surface area contributed by atoms with Gasteiger partial charge in [0, 0.05) is 6.54 Å². The van der Waals surface area contributed by atoms with Crippen molar-refractivity contribution in [2.45, 2.75) is 43.8 Å². The highest BCUT2D eigenvalue weighted by atomic mass is 32.2. The van der Waals surface area contributed by atoms with Crippen LogP contribution in [-0.2, 0) is 30.8 Å². The van der Waals surface area contributed by atoms with Crippen LogP contribution in [0.25, 0.3) is 0 Å². The van der Waals surface area contributed by atoms with Gasteiger partial charge in [0.05, 0.1) is 24.4 Å². The van der Waals surface area contributed by atoms with Gasteiger partial charge in [-0.25, -0.2) is 13.1 Å². The van der Waals surface area contributed by atoms with Crippen LogP contribution >= 0.6 is 0 Å². The summed E-state index contributed by atoms with van der Waals surface area (Å²) < 4.78 is 27.3. The van der Waals surface area contributed by atoms with E-state index in [2.05, 4.69) is 15.0 Å². The summed E-state index contributed by atoms with van der Waals surface area (Å²) >= 11 is 0. The number of aliphatic hydroxyl groups is 1. The van der Waals surface area contributed by atoms with Gasteiger partial charge < -0.3 is 26.7 Å². The third kappa shape index (κ3) is 8.17. The lowest BCUT2D eigenvalue weighted by atomic mass is 10.0. The van der Waals surface area contributed by atoms with Crippen LogP contribution in [0.3, 0.4) is 0 Å². The zero-order chi connectivity index (χ0) is 25.1. The van der Waals surface area contributed by atoms with Gasteiger partial charge >= 0.3 is 0 Å². The summed E-state index contributed by atoms with van der Waals surface area (Å²) in [6, 6.07) is 5.45. The number of nitrogens with one attached hydrogen (secondary N) is 2. The molecule has 0 bridgehead atoms. The summed E-state index contributed by atoms with van der Waals surface area (Å²) in [5.74, 6) is -2.11. The summed E-state index contributed by atoms with van der Waals surface area (Å²) in [6.45, 7) is -0.130. The number of hydrogen-bond donors (Lipinski definition) is 5. The first-order valence-corrected chi connectivity index (χ1v) is 12.6. The van der Waals surface area contributed by atoms with Crippen LogP contribution in [-0.4, -0.2) is 86.1 Å². The normalized spacial score (nSPS) is 17.1. The number of carbonyl (C=O) groups is 3. The largest absolute Gasteiger partial charge is 0.394 e. The molecule has 12 nitrogen and oxygen atoms in total. The lowest BCUT2D eigenvalue weighted by Crippen LogP contribution is -2.62. The molecule has 3 atom stereocenters. The molecule has 1 saturated heterocycles. The van der Waals surface area contributed by atoms with E-state index in [1.54, 1.807) is 30.3 Å². The molecular formula is C21H32N6O6S. The molecule has 2 rings (SSSR count). The number of carbonyl (C=O) groups excluding carboxylic acids is 3. The number of imide groups is 1. The lowest BCUT2D eigenvalue weighted by molar-refractivity contribution is -0.153. The predicted molar refractivity (Wildman–Crippen MR) is 126 cm³/mol. The number of aliphatic hydroxyl groups excluding tert-OH is 1. The van der Waals surface area contributed by atoms with Gasteiger partial charge in [0.25, 0.3) is 0 Å². The molecule has 1 aromatic carbocycles. The van der Waals surface area contributed by atoms with Crippen LogP contribution < -0.4 is 21.5 Å². The lowest BCUT2D eigenvalue weighted by Gasteiger charge is -2.35. The minimum atomic E-state index is -3.99. The number of aldehydes is 1. The summed E-state index contributed by atoms with van der Waals surface area (Å²) in [7, 11) is -3.99. The number of hydrogen-bond acceptors (Lipinski definition) is 8. The van der Waals surface area contributed by atoms with Crippen LogP contribution in [0.2, 0.25) is 0 Å². The maximum absolute atomic E-state index is 13.2. The van der Waals surface area contributed by atoms with E-state index in [9.17, 15) is 27.9 Å². The van der Waals surface area contributed by atoms with Crippen molar-refractivity contribution in [3.63, 3.8) is 0 Å². The average molecular weight is 497 g/mol. The Bertz CT molecular complexity index is 963. The number of amides is 2. The van der Waals surface area contributed by atoms with Crippen LogP contribution in [0.5, 0.6) is 0 Å². The molecule has 1 aromatic rings. The fraction of sp³-hybridized carbons (Fsp3) is 0.524. The topological polar surface area (TPSA) is 197 Å². The van der Waals surface area contributed by atoms with Crippen molar-refractivity contribution in [1.82, 2.24) is 14.9 Å². The summed E-state index contributed by atoms with van der Waals surface area (Å²) in [5.41, 5.74) is 11.3. The first kappa shape index (κ1) is 27.4. The molecule has 188 valence electrons. The minimum Gasteiger partial charge on any atom is -0.394 e. The number of guanidine groups is 1. The maximum atomic E-state index is 13.2. The number of aryl methyl sites for hydroxylation is 1. The first-order valence-electron chi connectivity index (χ1n) is 10.9. The summed E-state index contributed by atoms with van der Waals surface area (Å²) in [4.78, 5) is 42.5. The number of rotatable bonds is 14. The van der Waals surface area contributed by atoms with Crippen molar-refractivity contribution in [1.29, 1.82) is 0 Å². The zero-order valence-electron chi connectivity index (χ0n) is 18.8. The number of aliphatic imine (C=N–C) groups is 1. The Morgan fingerprint density at radius 3 is 2.50 bits per heavy atom. The van der Waals surface area contributed by atoms with Crippen LogP contribution in [0, 0.1) is 0 Å². The SMILES string of the molecule is NC(N)=NCCCC(C=O)N(C(=O)C1CCN1)C(=O)[C@@H](CO)NS(=O)(=O)CCc1ccccc1. The van der Waals surface area contributed by atoms with E-state index in [1.165, 1.54) is 0 Å². The molecule has 34 heavy (non-hydrogen) atoms. The van der Waals surface area contributed by atoms with Crippen LogP contribution in [0.15, 0.2) is 35.3 Å². The molecule has 1 heterocycles. The third-order valence-electron chi connectivity index (χ3n) is 5.34. The number of sulfonamides is 1. The van der Waals surface area contributed by atoms with E-state index in [0.717, 1.165) is 10.5 Å². The highest BCUT2D eigenvalue weighted by Gasteiger charge is 2.40. The Kier molecular flexibility index (Phi) is 10.6. The van der Waals surface area contributed by atoms with Gasteiger partial charge in [-0.05, 0) is 37.8 Å². The van der Waals surface area contributed by atoms with Gasteiger partial charge in [0.15, 0.2) is 5.96 Å². The molecule has 0 spiro atoms. The van der Waals surface area contributed by atoms with Crippen molar-refractivity contribution in [2.75, 3.05) is 25.4 Å². The second kappa shape index (κ2) is 13.1. The van der Waals surface area contributed by atoms with Gasteiger partial charge in [-0.1, -0.05) is 30.3 Å². The molecule has 1 aliphatic rings. The Balaban J connectivity index is 2.14. The molecule has 13 heteroatoms. The van der Waals surface area contributed by atoms with Crippen LogP contribution in [0.1, 0.15) is 24.8 Å². The molecule has 2 unspecified atom stereocenters. The van der Waals surface area contributed by atoms with Gasteiger partial charge in [-0.2, -0.15) is 0 Å². The Hall–Kier alpha value is -2.87. The van der Waals surface area contributed by atoms with Crippen molar-refractivity contribution < 1.29 is 27.9 Å². The third-order valence-corrected chi connectivity index (χ3v) is 6.73. The zero-order valence-corrected chi connectivity index (χ0v) is 19.6. The average Bonchev–Trinajstić information content (AvgIpc) is 2.77.